The van der Waals surface area contributed by atoms with Gasteiger partial charge in [0.2, 0.25) is 11.8 Å². The fourth-order valence-electron chi connectivity index (χ4n) is 3.55. The lowest BCUT2D eigenvalue weighted by molar-refractivity contribution is -0.111. The number of anilines is 1. The monoisotopic (exact) mass is 434 g/mol. The highest BCUT2D eigenvalue weighted by Gasteiger charge is 2.10. The molecule has 1 amide bonds. The Morgan fingerprint density at radius 3 is 2.52 bits per heavy atom. The van der Waals surface area contributed by atoms with Gasteiger partial charge in [0.15, 0.2) is 5.58 Å². The van der Waals surface area contributed by atoms with E-state index in [0.29, 0.717) is 28.4 Å². The molecule has 0 saturated heterocycles. The molecule has 162 valence electrons. The zero-order valence-electron chi connectivity index (χ0n) is 18.1. The number of carbonyl (C=O) groups is 1. The van der Waals surface area contributed by atoms with Gasteiger partial charge in [0.1, 0.15) is 17.0 Å². The molecule has 0 radical (unpaired) electrons. The first-order valence-electron chi connectivity index (χ1n) is 10.8. The van der Waals surface area contributed by atoms with Crippen LogP contribution < -0.4 is 5.32 Å². The van der Waals surface area contributed by atoms with E-state index >= 15 is 0 Å². The molecule has 5 aromatic rings. The third-order valence-corrected chi connectivity index (χ3v) is 5.35. The van der Waals surface area contributed by atoms with Crippen molar-refractivity contribution in [1.82, 2.24) is 4.98 Å². The van der Waals surface area contributed by atoms with Crippen molar-refractivity contribution in [2.75, 3.05) is 5.32 Å². The fourth-order valence-corrected chi connectivity index (χ4v) is 3.55. The first-order valence-corrected chi connectivity index (χ1v) is 10.8. The number of aromatic nitrogens is 1. The summed E-state index contributed by atoms with van der Waals surface area (Å²) in [4.78, 5) is 17.0. The second-order valence-corrected chi connectivity index (χ2v) is 7.64. The number of nitrogens with one attached hydrogen (secondary N) is 1. The van der Waals surface area contributed by atoms with Crippen LogP contribution in [0.3, 0.4) is 0 Å². The number of rotatable bonds is 6. The summed E-state index contributed by atoms with van der Waals surface area (Å²) in [5.41, 5.74) is 5.17. The van der Waals surface area contributed by atoms with Crippen molar-refractivity contribution in [2.45, 2.75) is 13.3 Å². The predicted molar refractivity (Wildman–Crippen MR) is 131 cm³/mol. The molecule has 0 spiro atoms. The predicted octanol–water partition coefficient (Wildman–Crippen LogP) is 6.97. The average Bonchev–Trinajstić information content (AvgIpc) is 3.50. The summed E-state index contributed by atoms with van der Waals surface area (Å²) >= 11 is 0. The zero-order chi connectivity index (χ0) is 22.6. The van der Waals surface area contributed by atoms with Gasteiger partial charge in [-0.1, -0.05) is 49.4 Å². The number of hydrogen-bond donors (Lipinski definition) is 1. The van der Waals surface area contributed by atoms with Crippen molar-refractivity contribution in [3.05, 3.63) is 102 Å². The molecule has 3 aromatic carbocycles. The van der Waals surface area contributed by atoms with Crippen molar-refractivity contribution in [2.24, 2.45) is 0 Å². The Kier molecular flexibility index (Phi) is 5.60. The number of carbonyl (C=O) groups excluding carboxylic acids is 1. The van der Waals surface area contributed by atoms with E-state index < -0.39 is 0 Å². The van der Waals surface area contributed by atoms with E-state index in [1.807, 2.05) is 60.7 Å². The van der Waals surface area contributed by atoms with E-state index in [9.17, 15) is 4.79 Å². The molecule has 0 aliphatic rings. The number of amides is 1. The molecule has 33 heavy (non-hydrogen) atoms. The molecule has 0 bridgehead atoms. The maximum Gasteiger partial charge on any atom is 0.248 e. The molecule has 5 heteroatoms. The van der Waals surface area contributed by atoms with Gasteiger partial charge < -0.3 is 14.2 Å². The molecule has 0 aliphatic heterocycles. The number of oxazole rings is 1. The number of fused-ring (bicyclic) bond motifs is 1. The largest absolute Gasteiger partial charge is 0.457 e. The van der Waals surface area contributed by atoms with Gasteiger partial charge in [-0.2, -0.15) is 0 Å². The van der Waals surface area contributed by atoms with Crippen molar-refractivity contribution >= 4 is 28.8 Å². The average molecular weight is 434 g/mol. The van der Waals surface area contributed by atoms with Crippen molar-refractivity contribution < 1.29 is 13.6 Å². The summed E-state index contributed by atoms with van der Waals surface area (Å²) in [7, 11) is 0. The van der Waals surface area contributed by atoms with Crippen LogP contribution in [0.4, 0.5) is 5.69 Å². The Balaban J connectivity index is 1.27. The van der Waals surface area contributed by atoms with Gasteiger partial charge in [-0.3, -0.25) is 4.79 Å². The van der Waals surface area contributed by atoms with Crippen LogP contribution in [0.25, 0.3) is 40.0 Å². The summed E-state index contributed by atoms with van der Waals surface area (Å²) in [6, 6.07) is 27.1. The van der Waals surface area contributed by atoms with Crippen molar-refractivity contribution in [1.29, 1.82) is 0 Å². The van der Waals surface area contributed by atoms with E-state index in [4.69, 9.17) is 8.83 Å². The van der Waals surface area contributed by atoms with Crippen LogP contribution in [0.15, 0.2) is 99.8 Å². The van der Waals surface area contributed by atoms with Gasteiger partial charge in [0.05, 0.1) is 0 Å². The van der Waals surface area contributed by atoms with Crippen LogP contribution >= 0.6 is 0 Å². The lowest BCUT2D eigenvalue weighted by Gasteiger charge is -2.00. The molecule has 0 aliphatic carbocycles. The van der Waals surface area contributed by atoms with Crippen LogP contribution in [0.5, 0.6) is 0 Å². The van der Waals surface area contributed by atoms with Crippen LogP contribution in [0.1, 0.15) is 18.2 Å². The van der Waals surface area contributed by atoms with Gasteiger partial charge in [0, 0.05) is 22.9 Å². The van der Waals surface area contributed by atoms with E-state index in [0.717, 1.165) is 23.3 Å². The van der Waals surface area contributed by atoms with Gasteiger partial charge >= 0.3 is 0 Å². The molecule has 0 atom stereocenters. The lowest BCUT2D eigenvalue weighted by Crippen LogP contribution is -2.07. The molecule has 0 saturated carbocycles. The van der Waals surface area contributed by atoms with Crippen LogP contribution in [-0.2, 0) is 11.2 Å². The minimum atomic E-state index is -0.258. The molecular weight excluding hydrogens is 412 g/mol. The molecule has 0 unspecified atom stereocenters. The summed E-state index contributed by atoms with van der Waals surface area (Å²) in [6.45, 7) is 2.12. The summed E-state index contributed by atoms with van der Waals surface area (Å²) < 4.78 is 11.7. The SMILES string of the molecule is CCc1ccc(-c2nc3cc(NC(=O)/C=C/c4ccc(-c5ccccc5)o4)ccc3o2)cc1. The maximum atomic E-state index is 12.4. The van der Waals surface area contributed by atoms with Crippen LogP contribution in [-0.4, -0.2) is 10.9 Å². The standard InChI is InChI=1S/C28H22N2O3/c1-2-19-8-10-21(11-9-19)28-30-24-18-22(12-15-26(24)33-28)29-27(31)17-14-23-13-16-25(32-23)20-6-4-3-5-7-20/h3-18H,2H2,1H3,(H,29,31)/b17-14+. The van der Waals surface area contributed by atoms with Gasteiger partial charge in [-0.15, -0.1) is 0 Å². The first kappa shape index (κ1) is 20.5. The minimum Gasteiger partial charge on any atom is -0.457 e. The third kappa shape index (κ3) is 4.62. The Morgan fingerprint density at radius 1 is 0.909 bits per heavy atom. The fraction of sp³-hybridized carbons (Fsp3) is 0.0714. The van der Waals surface area contributed by atoms with E-state index in [1.165, 1.54) is 11.6 Å². The zero-order valence-corrected chi connectivity index (χ0v) is 18.1. The van der Waals surface area contributed by atoms with E-state index in [1.54, 1.807) is 18.2 Å². The lowest BCUT2D eigenvalue weighted by atomic mass is 10.1. The van der Waals surface area contributed by atoms with Gasteiger partial charge in [0.25, 0.3) is 0 Å². The Morgan fingerprint density at radius 2 is 1.73 bits per heavy atom. The highest BCUT2D eigenvalue weighted by Crippen LogP contribution is 2.27. The smallest absolute Gasteiger partial charge is 0.248 e. The summed E-state index contributed by atoms with van der Waals surface area (Å²) in [5, 5.41) is 2.86. The van der Waals surface area contributed by atoms with E-state index in [2.05, 4.69) is 29.4 Å². The minimum absolute atomic E-state index is 0.258. The highest BCUT2D eigenvalue weighted by molar-refractivity contribution is 6.02. The molecule has 5 nitrogen and oxygen atoms in total. The van der Waals surface area contributed by atoms with Crippen molar-refractivity contribution in [3.8, 4) is 22.8 Å². The number of hydrogen-bond acceptors (Lipinski definition) is 4. The normalized spacial score (nSPS) is 11.3. The molecule has 0 fully saturated rings. The number of benzene rings is 3. The van der Waals surface area contributed by atoms with Crippen LogP contribution in [0.2, 0.25) is 0 Å². The number of furan rings is 1. The molecular formula is C28H22N2O3. The second kappa shape index (κ2) is 9.01. The van der Waals surface area contributed by atoms with Crippen LogP contribution in [0, 0.1) is 0 Å². The number of nitrogens with zero attached hydrogens (tertiary/aromatic N) is 1. The second-order valence-electron chi connectivity index (χ2n) is 7.64. The Labute approximate surface area is 191 Å². The number of aryl methyl sites for hydroxylation is 1. The summed E-state index contributed by atoms with van der Waals surface area (Å²) in [5.74, 6) is 1.66. The Bertz CT molecular complexity index is 1430. The molecule has 5 rings (SSSR count). The van der Waals surface area contributed by atoms with Gasteiger partial charge in [-0.25, -0.2) is 4.98 Å². The maximum absolute atomic E-state index is 12.4. The summed E-state index contributed by atoms with van der Waals surface area (Å²) in [6.07, 6.45) is 4.08. The highest BCUT2D eigenvalue weighted by atomic mass is 16.3. The van der Waals surface area contributed by atoms with E-state index in [-0.39, 0.29) is 5.91 Å². The molecule has 2 heterocycles. The topological polar surface area (TPSA) is 68.3 Å². The Hall–Kier alpha value is -4.38. The molecule has 2 aromatic heterocycles. The third-order valence-electron chi connectivity index (χ3n) is 5.35. The molecule has 1 N–H and O–H groups in total. The van der Waals surface area contributed by atoms with Gasteiger partial charge in [-0.05, 0) is 60.5 Å². The first-order chi connectivity index (χ1) is 16.2. The quantitative estimate of drug-likeness (QED) is 0.293. The van der Waals surface area contributed by atoms with Crippen molar-refractivity contribution in [3.63, 3.8) is 0 Å².